The molecule has 0 aliphatic rings. The molecule has 0 bridgehead atoms. The van der Waals surface area contributed by atoms with Gasteiger partial charge in [-0.25, -0.2) is 4.79 Å². The largest absolute Gasteiger partial charge is 0.481 e. The second-order valence-electron chi connectivity index (χ2n) is 6.57. The zero-order valence-electron chi connectivity index (χ0n) is 15.7. The molecule has 0 spiro atoms. The Kier molecular flexibility index (Phi) is 10.7. The fraction of sp³-hybridized carbons (Fsp3) is 0.688. The van der Waals surface area contributed by atoms with Crippen molar-refractivity contribution in [2.45, 2.75) is 58.2 Å². The van der Waals surface area contributed by atoms with Crippen LogP contribution in [-0.4, -0.2) is 64.5 Å². The summed E-state index contributed by atoms with van der Waals surface area (Å²) in [5, 5.41) is 24.4. The van der Waals surface area contributed by atoms with E-state index < -0.39 is 54.2 Å². The van der Waals surface area contributed by atoms with Crippen molar-refractivity contribution in [3.63, 3.8) is 0 Å². The summed E-state index contributed by atoms with van der Waals surface area (Å²) in [5.74, 6) is -4.29. The monoisotopic (exact) mass is 388 g/mol. The molecule has 0 radical (unpaired) electrons. The highest BCUT2D eigenvalue weighted by atomic mass is 16.4. The van der Waals surface area contributed by atoms with Crippen LogP contribution in [0.25, 0.3) is 0 Å². The number of amides is 3. The van der Waals surface area contributed by atoms with E-state index in [0.29, 0.717) is 6.42 Å². The van der Waals surface area contributed by atoms with Crippen LogP contribution in [0.15, 0.2) is 0 Å². The number of aliphatic carboxylic acids is 2. The molecule has 3 unspecified atom stereocenters. The molecule has 0 aromatic heterocycles. The Balaban J connectivity index is 4.43. The molecule has 0 aromatic carbocycles. The topological polar surface area (TPSA) is 188 Å². The smallest absolute Gasteiger partial charge is 0.326 e. The van der Waals surface area contributed by atoms with E-state index in [4.69, 9.17) is 15.9 Å². The molecule has 0 rings (SSSR count). The third-order valence-corrected chi connectivity index (χ3v) is 3.52. The first-order chi connectivity index (χ1) is 12.4. The van der Waals surface area contributed by atoms with E-state index in [1.165, 1.54) is 6.92 Å². The SMILES string of the molecule is CC(C)CC(N)C(=O)NCC(=O)NC(C)C(=O)NC(CCC(=O)O)C(=O)O. The summed E-state index contributed by atoms with van der Waals surface area (Å²) in [7, 11) is 0. The van der Waals surface area contributed by atoms with Crippen molar-refractivity contribution < 1.29 is 34.2 Å². The second-order valence-corrected chi connectivity index (χ2v) is 6.57. The Morgan fingerprint density at radius 3 is 2.04 bits per heavy atom. The summed E-state index contributed by atoms with van der Waals surface area (Å²) in [6, 6.07) is -3.21. The fourth-order valence-corrected chi connectivity index (χ4v) is 2.09. The number of rotatable bonds is 12. The summed E-state index contributed by atoms with van der Waals surface area (Å²) >= 11 is 0. The lowest BCUT2D eigenvalue weighted by Gasteiger charge is -2.19. The Bertz CT molecular complexity index is 565. The molecule has 7 N–H and O–H groups in total. The lowest BCUT2D eigenvalue weighted by Crippen LogP contribution is -2.52. The van der Waals surface area contributed by atoms with Crippen molar-refractivity contribution in [3.05, 3.63) is 0 Å². The summed E-state index contributed by atoms with van der Waals surface area (Å²) in [5.41, 5.74) is 5.68. The van der Waals surface area contributed by atoms with E-state index in [0.717, 1.165) is 0 Å². The quantitative estimate of drug-likeness (QED) is 0.231. The van der Waals surface area contributed by atoms with Gasteiger partial charge in [0, 0.05) is 6.42 Å². The molecule has 0 aromatic rings. The Hall–Kier alpha value is -2.69. The summed E-state index contributed by atoms with van der Waals surface area (Å²) < 4.78 is 0. The minimum absolute atomic E-state index is 0.214. The van der Waals surface area contributed by atoms with Gasteiger partial charge in [0.2, 0.25) is 17.7 Å². The highest BCUT2D eigenvalue weighted by Crippen LogP contribution is 2.02. The molecule has 11 nitrogen and oxygen atoms in total. The zero-order valence-corrected chi connectivity index (χ0v) is 15.7. The Labute approximate surface area is 157 Å². The first-order valence-electron chi connectivity index (χ1n) is 8.51. The molecule has 154 valence electrons. The van der Waals surface area contributed by atoms with E-state index in [-0.39, 0.29) is 18.9 Å². The van der Waals surface area contributed by atoms with Crippen LogP contribution in [-0.2, 0) is 24.0 Å². The number of carboxylic acid groups (broad SMARTS) is 2. The minimum Gasteiger partial charge on any atom is -0.481 e. The Morgan fingerprint density at radius 2 is 1.56 bits per heavy atom. The number of carbonyl (C=O) groups excluding carboxylic acids is 3. The van der Waals surface area contributed by atoms with E-state index in [1.807, 2.05) is 13.8 Å². The molecule has 11 heteroatoms. The summed E-state index contributed by atoms with van der Waals surface area (Å²) in [6.45, 7) is 4.75. The van der Waals surface area contributed by atoms with Crippen LogP contribution in [0.1, 0.15) is 40.0 Å². The van der Waals surface area contributed by atoms with Crippen LogP contribution in [0.3, 0.4) is 0 Å². The van der Waals surface area contributed by atoms with Gasteiger partial charge in [0.1, 0.15) is 12.1 Å². The maximum absolute atomic E-state index is 12.0. The molecule has 3 amide bonds. The third-order valence-electron chi connectivity index (χ3n) is 3.52. The van der Waals surface area contributed by atoms with Crippen LogP contribution < -0.4 is 21.7 Å². The third kappa shape index (κ3) is 10.8. The highest BCUT2D eigenvalue weighted by Gasteiger charge is 2.24. The van der Waals surface area contributed by atoms with Gasteiger partial charge in [-0.2, -0.15) is 0 Å². The number of carbonyl (C=O) groups is 5. The van der Waals surface area contributed by atoms with Gasteiger partial charge in [-0.05, 0) is 25.7 Å². The minimum atomic E-state index is -1.39. The summed E-state index contributed by atoms with van der Waals surface area (Å²) in [6.07, 6.45) is -0.263. The average molecular weight is 388 g/mol. The van der Waals surface area contributed by atoms with Gasteiger partial charge in [0.05, 0.1) is 12.6 Å². The van der Waals surface area contributed by atoms with Gasteiger partial charge >= 0.3 is 11.9 Å². The zero-order chi connectivity index (χ0) is 21.1. The number of hydrogen-bond donors (Lipinski definition) is 6. The average Bonchev–Trinajstić information content (AvgIpc) is 2.54. The number of nitrogens with two attached hydrogens (primary N) is 1. The highest BCUT2D eigenvalue weighted by molar-refractivity contribution is 5.92. The fourth-order valence-electron chi connectivity index (χ4n) is 2.09. The number of hydrogen-bond acceptors (Lipinski definition) is 6. The first-order valence-corrected chi connectivity index (χ1v) is 8.51. The van der Waals surface area contributed by atoms with Gasteiger partial charge in [-0.3, -0.25) is 19.2 Å². The van der Waals surface area contributed by atoms with E-state index in [9.17, 15) is 24.0 Å². The molecule has 0 saturated carbocycles. The number of carboxylic acids is 2. The van der Waals surface area contributed by atoms with Crippen molar-refractivity contribution in [3.8, 4) is 0 Å². The molecule has 0 aliphatic heterocycles. The van der Waals surface area contributed by atoms with Gasteiger partial charge in [0.25, 0.3) is 0 Å². The van der Waals surface area contributed by atoms with E-state index in [2.05, 4.69) is 16.0 Å². The Morgan fingerprint density at radius 1 is 0.963 bits per heavy atom. The lowest BCUT2D eigenvalue weighted by atomic mass is 10.0. The molecule has 0 fully saturated rings. The van der Waals surface area contributed by atoms with Crippen LogP contribution in [0.4, 0.5) is 0 Å². The van der Waals surface area contributed by atoms with Crippen molar-refractivity contribution in [1.29, 1.82) is 0 Å². The predicted molar refractivity (Wildman–Crippen MR) is 94.5 cm³/mol. The molecule has 0 heterocycles. The van der Waals surface area contributed by atoms with Gasteiger partial charge < -0.3 is 31.9 Å². The predicted octanol–water partition coefficient (Wildman–Crippen LogP) is -1.59. The molecule has 3 atom stereocenters. The number of nitrogens with one attached hydrogen (secondary N) is 3. The second kappa shape index (κ2) is 11.8. The van der Waals surface area contributed by atoms with Crippen molar-refractivity contribution >= 4 is 29.7 Å². The van der Waals surface area contributed by atoms with Crippen LogP contribution >= 0.6 is 0 Å². The van der Waals surface area contributed by atoms with Gasteiger partial charge in [-0.15, -0.1) is 0 Å². The van der Waals surface area contributed by atoms with Crippen LogP contribution in [0, 0.1) is 5.92 Å². The molecule has 0 saturated heterocycles. The molecular formula is C16H28N4O7. The lowest BCUT2D eigenvalue weighted by molar-refractivity contribution is -0.143. The van der Waals surface area contributed by atoms with Gasteiger partial charge in [-0.1, -0.05) is 13.8 Å². The molecule has 0 aliphatic carbocycles. The van der Waals surface area contributed by atoms with Crippen molar-refractivity contribution in [2.75, 3.05) is 6.54 Å². The van der Waals surface area contributed by atoms with E-state index in [1.54, 1.807) is 0 Å². The normalized spacial score (nSPS) is 14.0. The summed E-state index contributed by atoms with van der Waals surface area (Å²) in [4.78, 5) is 57.1. The van der Waals surface area contributed by atoms with Crippen LogP contribution in [0.5, 0.6) is 0 Å². The van der Waals surface area contributed by atoms with Crippen LogP contribution in [0.2, 0.25) is 0 Å². The first kappa shape index (κ1) is 24.3. The maximum atomic E-state index is 12.0. The van der Waals surface area contributed by atoms with Gasteiger partial charge in [0.15, 0.2) is 0 Å². The standard InChI is InChI=1S/C16H28N4O7/c1-8(2)6-10(17)15(25)18-7-12(21)19-9(3)14(24)20-11(16(26)27)4-5-13(22)23/h8-11H,4-7,17H2,1-3H3,(H,18,25)(H,19,21)(H,20,24)(H,22,23)(H,26,27). The van der Waals surface area contributed by atoms with E-state index >= 15 is 0 Å². The van der Waals surface area contributed by atoms with Crippen molar-refractivity contribution in [2.24, 2.45) is 11.7 Å². The molecular weight excluding hydrogens is 360 g/mol. The molecule has 27 heavy (non-hydrogen) atoms. The maximum Gasteiger partial charge on any atom is 0.326 e. The van der Waals surface area contributed by atoms with Crippen molar-refractivity contribution in [1.82, 2.24) is 16.0 Å².